The maximum Gasteiger partial charge on any atom is 0.340 e. The molecule has 1 atom stereocenters. The molecule has 3 aromatic rings. The first-order valence-corrected chi connectivity index (χ1v) is 9.81. The van der Waals surface area contributed by atoms with Crippen molar-refractivity contribution in [1.29, 1.82) is 0 Å². The Labute approximate surface area is 180 Å². The lowest BCUT2D eigenvalue weighted by atomic mass is 10.1. The highest BCUT2D eigenvalue weighted by atomic mass is 16.5. The molecule has 0 aromatic heterocycles. The lowest BCUT2D eigenvalue weighted by Gasteiger charge is -2.19. The zero-order chi connectivity index (χ0) is 22.4. The van der Waals surface area contributed by atoms with Crippen LogP contribution in [-0.2, 0) is 9.53 Å². The summed E-state index contributed by atoms with van der Waals surface area (Å²) < 4.78 is 21.3. The van der Waals surface area contributed by atoms with Crippen LogP contribution in [0.1, 0.15) is 23.7 Å². The van der Waals surface area contributed by atoms with E-state index in [0.717, 1.165) is 10.8 Å². The second-order valence-corrected chi connectivity index (χ2v) is 6.76. The molecule has 3 rings (SSSR count). The van der Waals surface area contributed by atoms with Crippen LogP contribution < -0.4 is 19.5 Å². The van der Waals surface area contributed by atoms with Gasteiger partial charge < -0.3 is 24.3 Å². The van der Waals surface area contributed by atoms with Gasteiger partial charge in [0.25, 0.3) is 5.91 Å². The predicted molar refractivity (Wildman–Crippen MR) is 118 cm³/mol. The number of hydrogen-bond acceptors (Lipinski definition) is 6. The summed E-state index contributed by atoms with van der Waals surface area (Å²) in [5, 5.41) is 4.86. The number of carbonyl (C=O) groups is 2. The van der Waals surface area contributed by atoms with Gasteiger partial charge in [0.15, 0.2) is 17.6 Å². The lowest BCUT2D eigenvalue weighted by molar-refractivity contribution is -0.122. The minimum absolute atomic E-state index is 0.147. The first-order valence-electron chi connectivity index (χ1n) is 9.81. The Morgan fingerprint density at radius 1 is 0.903 bits per heavy atom. The lowest BCUT2D eigenvalue weighted by Crippen LogP contribution is -2.33. The fourth-order valence-electron chi connectivity index (χ4n) is 3.20. The summed E-state index contributed by atoms with van der Waals surface area (Å²) in [4.78, 5) is 25.2. The molecule has 0 fully saturated rings. The van der Waals surface area contributed by atoms with E-state index in [1.54, 1.807) is 0 Å². The number of hydrogen-bond donors (Lipinski definition) is 1. The van der Waals surface area contributed by atoms with Crippen molar-refractivity contribution in [3.63, 3.8) is 0 Å². The Morgan fingerprint density at radius 3 is 2.23 bits per heavy atom. The number of fused-ring (bicyclic) bond motifs is 1. The summed E-state index contributed by atoms with van der Waals surface area (Å²) in [6.45, 7) is 1.85. The third kappa shape index (κ3) is 4.88. The Balaban J connectivity index is 1.86. The Morgan fingerprint density at radius 2 is 1.58 bits per heavy atom. The summed E-state index contributed by atoms with van der Waals surface area (Å²) >= 11 is 0. The summed E-state index contributed by atoms with van der Waals surface area (Å²) in [6.07, 6.45) is -0.334. The maximum absolute atomic E-state index is 13.0. The average Bonchev–Trinajstić information content (AvgIpc) is 2.81. The molecule has 0 aliphatic carbocycles. The van der Waals surface area contributed by atoms with Crippen LogP contribution in [0, 0.1) is 0 Å². The van der Waals surface area contributed by atoms with E-state index in [4.69, 9.17) is 18.9 Å². The Hall–Kier alpha value is -3.74. The van der Waals surface area contributed by atoms with Gasteiger partial charge in [0.05, 0.1) is 32.6 Å². The van der Waals surface area contributed by atoms with Crippen molar-refractivity contribution in [2.24, 2.45) is 0 Å². The molecule has 0 saturated heterocycles. The largest absolute Gasteiger partial charge is 0.493 e. The molecule has 31 heavy (non-hydrogen) atoms. The summed E-state index contributed by atoms with van der Waals surface area (Å²) in [5.74, 6) is 0.295. The van der Waals surface area contributed by atoms with Crippen molar-refractivity contribution in [3.05, 3.63) is 60.2 Å². The van der Waals surface area contributed by atoms with Crippen molar-refractivity contribution in [2.75, 3.05) is 26.6 Å². The van der Waals surface area contributed by atoms with E-state index in [2.05, 4.69) is 5.32 Å². The van der Waals surface area contributed by atoms with Crippen molar-refractivity contribution < 1.29 is 28.5 Å². The number of nitrogens with one attached hydrogen (secondary N) is 1. The van der Waals surface area contributed by atoms with E-state index >= 15 is 0 Å². The standard InChI is InChI=1S/C24H25NO6/c1-5-20(31-17-11-10-15-8-6-7-9-16(15)12-17)23(26)25-19-14-22(29-3)21(28-2)13-18(19)24(27)30-4/h6-14,20H,5H2,1-4H3,(H,25,26)/t20-/m0/s1. The zero-order valence-corrected chi connectivity index (χ0v) is 17.9. The van der Waals surface area contributed by atoms with Gasteiger partial charge in [-0.15, -0.1) is 0 Å². The molecule has 0 aliphatic heterocycles. The molecule has 0 bridgehead atoms. The van der Waals surface area contributed by atoms with Crippen LogP contribution in [0.3, 0.4) is 0 Å². The van der Waals surface area contributed by atoms with E-state index in [0.29, 0.717) is 23.7 Å². The topological polar surface area (TPSA) is 83.1 Å². The number of amides is 1. The smallest absolute Gasteiger partial charge is 0.340 e. The zero-order valence-electron chi connectivity index (χ0n) is 17.9. The quantitative estimate of drug-likeness (QED) is 0.540. The number of anilines is 1. The highest BCUT2D eigenvalue weighted by Crippen LogP contribution is 2.34. The van der Waals surface area contributed by atoms with Crippen LogP contribution in [0.25, 0.3) is 10.8 Å². The van der Waals surface area contributed by atoms with E-state index in [1.165, 1.54) is 33.5 Å². The van der Waals surface area contributed by atoms with Gasteiger partial charge in [-0.3, -0.25) is 4.79 Å². The fourth-order valence-corrected chi connectivity index (χ4v) is 3.20. The van der Waals surface area contributed by atoms with Crippen LogP contribution in [0.2, 0.25) is 0 Å². The highest BCUT2D eigenvalue weighted by Gasteiger charge is 2.23. The van der Waals surface area contributed by atoms with Gasteiger partial charge in [-0.05, 0) is 29.3 Å². The maximum atomic E-state index is 13.0. The van der Waals surface area contributed by atoms with Crippen LogP contribution in [0.15, 0.2) is 54.6 Å². The molecular formula is C24H25NO6. The van der Waals surface area contributed by atoms with Crippen LogP contribution in [0.5, 0.6) is 17.2 Å². The average molecular weight is 423 g/mol. The van der Waals surface area contributed by atoms with Crippen molar-refractivity contribution >= 4 is 28.3 Å². The van der Waals surface area contributed by atoms with Crippen molar-refractivity contribution in [3.8, 4) is 17.2 Å². The SMILES string of the molecule is CC[C@H](Oc1ccc2ccccc2c1)C(=O)Nc1cc(OC)c(OC)cc1C(=O)OC. The highest BCUT2D eigenvalue weighted by molar-refractivity contribution is 6.03. The summed E-state index contributed by atoms with van der Waals surface area (Å²) in [6, 6.07) is 16.5. The van der Waals surface area contributed by atoms with Crippen molar-refractivity contribution in [2.45, 2.75) is 19.4 Å². The molecule has 162 valence electrons. The number of esters is 1. The normalized spacial score (nSPS) is 11.5. The Kier molecular flexibility index (Phi) is 6.97. The van der Waals surface area contributed by atoms with E-state index in [9.17, 15) is 9.59 Å². The van der Waals surface area contributed by atoms with Gasteiger partial charge in [-0.2, -0.15) is 0 Å². The minimum atomic E-state index is -0.764. The molecule has 7 nitrogen and oxygen atoms in total. The molecule has 7 heteroatoms. The second kappa shape index (κ2) is 9.84. The van der Waals surface area contributed by atoms with Gasteiger partial charge in [-0.25, -0.2) is 4.79 Å². The molecule has 1 amide bonds. The number of carbonyl (C=O) groups excluding carboxylic acids is 2. The van der Waals surface area contributed by atoms with Gasteiger partial charge >= 0.3 is 5.97 Å². The van der Waals surface area contributed by atoms with Gasteiger partial charge in [0.1, 0.15) is 5.75 Å². The number of benzene rings is 3. The first kappa shape index (κ1) is 22.0. The number of ether oxygens (including phenoxy) is 4. The van der Waals surface area contributed by atoms with Crippen LogP contribution in [-0.4, -0.2) is 39.3 Å². The third-order valence-electron chi connectivity index (χ3n) is 4.85. The minimum Gasteiger partial charge on any atom is -0.493 e. The number of methoxy groups -OCH3 is 3. The van der Waals surface area contributed by atoms with Gasteiger partial charge in [0, 0.05) is 12.1 Å². The van der Waals surface area contributed by atoms with Crippen LogP contribution in [0.4, 0.5) is 5.69 Å². The van der Waals surface area contributed by atoms with Gasteiger partial charge in [-0.1, -0.05) is 37.3 Å². The predicted octanol–water partition coefficient (Wildman–Crippen LogP) is 4.44. The molecule has 1 N–H and O–H groups in total. The van der Waals surface area contributed by atoms with Crippen molar-refractivity contribution in [1.82, 2.24) is 0 Å². The third-order valence-corrected chi connectivity index (χ3v) is 4.85. The summed E-state index contributed by atoms with van der Waals surface area (Å²) in [5.41, 5.74) is 0.393. The molecule has 0 spiro atoms. The van der Waals surface area contributed by atoms with Gasteiger partial charge in [0.2, 0.25) is 0 Å². The molecule has 0 radical (unpaired) electrons. The molecule has 3 aromatic carbocycles. The molecule has 0 heterocycles. The second-order valence-electron chi connectivity index (χ2n) is 6.76. The van der Waals surface area contributed by atoms with E-state index in [-0.39, 0.29) is 11.3 Å². The fraction of sp³-hybridized carbons (Fsp3) is 0.250. The van der Waals surface area contributed by atoms with Crippen LogP contribution >= 0.6 is 0 Å². The Bertz CT molecular complexity index is 1090. The molecular weight excluding hydrogens is 398 g/mol. The van der Waals surface area contributed by atoms with E-state index in [1.807, 2.05) is 49.4 Å². The molecule has 0 saturated carbocycles. The number of rotatable bonds is 8. The monoisotopic (exact) mass is 423 g/mol. The van der Waals surface area contributed by atoms with E-state index < -0.39 is 18.0 Å². The molecule has 0 unspecified atom stereocenters. The molecule has 0 aliphatic rings. The summed E-state index contributed by atoms with van der Waals surface area (Å²) in [7, 11) is 4.20. The first-order chi connectivity index (χ1) is 15.0.